The number of aryl methyl sites for hydroxylation is 1. The molecule has 0 aliphatic rings. The summed E-state index contributed by atoms with van der Waals surface area (Å²) in [6.07, 6.45) is 2.03. The van der Waals surface area contributed by atoms with Gasteiger partial charge in [0, 0.05) is 6.04 Å². The van der Waals surface area contributed by atoms with Crippen molar-refractivity contribution in [2.24, 2.45) is 4.99 Å². The molecule has 0 aromatic heterocycles. The molecule has 2 aromatic rings. The van der Waals surface area contributed by atoms with E-state index in [0.717, 1.165) is 0 Å². The van der Waals surface area contributed by atoms with Crippen LogP contribution in [-0.4, -0.2) is 35.6 Å². The molecule has 2 aromatic carbocycles. The maximum atomic E-state index is 4.62. The largest absolute Gasteiger partial charge is 0.284 e. The van der Waals surface area contributed by atoms with Gasteiger partial charge in [0.05, 0.1) is 11.8 Å². The third-order valence-electron chi connectivity index (χ3n) is 4.12. The molecule has 0 aliphatic carbocycles. The number of aliphatic imine (C=N–C) groups is 1. The molecule has 0 fully saturated rings. The van der Waals surface area contributed by atoms with E-state index in [1.54, 1.807) is 0 Å². The van der Waals surface area contributed by atoms with Gasteiger partial charge in [-0.2, -0.15) is 0 Å². The fraction of sp³-hybridized carbons (Fsp3) is 0.400. The van der Waals surface area contributed by atoms with Crippen molar-refractivity contribution in [3.63, 3.8) is 0 Å². The fourth-order valence-electron chi connectivity index (χ4n) is 2.55. The van der Waals surface area contributed by atoms with E-state index < -0.39 is 0 Å². The number of fused-ring (bicyclic) bond motifs is 1. The van der Waals surface area contributed by atoms with Gasteiger partial charge in [-0.05, 0) is 57.0 Å². The predicted molar refractivity (Wildman–Crippen MR) is 97.7 cm³/mol. The second-order valence-electron chi connectivity index (χ2n) is 6.42. The van der Waals surface area contributed by atoms with Crippen LogP contribution in [0.3, 0.4) is 0 Å². The zero-order chi connectivity index (χ0) is 16.3. The van der Waals surface area contributed by atoms with Gasteiger partial charge in [0.25, 0.3) is 0 Å². The molecule has 2 heteroatoms. The van der Waals surface area contributed by atoms with Crippen molar-refractivity contribution in [1.82, 2.24) is 0 Å². The van der Waals surface area contributed by atoms with Gasteiger partial charge < -0.3 is 0 Å². The molecular weight excluding hydrogens is 268 g/mol. The molecule has 0 saturated carbocycles. The molecule has 0 unspecified atom stereocenters. The molecule has 0 radical (unpaired) electrons. The summed E-state index contributed by atoms with van der Waals surface area (Å²) in [6, 6.07) is 13.7. The minimum absolute atomic E-state index is 0.302. The van der Waals surface area contributed by atoms with E-state index in [9.17, 15) is 0 Å². The van der Waals surface area contributed by atoms with Crippen LogP contribution < -0.4 is 0 Å². The van der Waals surface area contributed by atoms with Crippen LogP contribution in [-0.2, 0) is 0 Å². The number of hydrogen-bond donors (Lipinski definition) is 0. The molecule has 22 heavy (non-hydrogen) atoms. The minimum Gasteiger partial charge on any atom is -0.284 e. The standard InChI is InChI=1S/C20H27N2/c1-14(2)21-13-20(22(6)15(3)4)19-12-11-17-9-7-8-10-18(17)16(19)5/h7-15H,1-6H3/q+1/b21-13-,22-20+. The van der Waals surface area contributed by atoms with Gasteiger partial charge in [0.2, 0.25) is 5.71 Å². The summed E-state index contributed by atoms with van der Waals surface area (Å²) in [5.41, 5.74) is 3.77. The highest BCUT2D eigenvalue weighted by Gasteiger charge is 2.18. The summed E-state index contributed by atoms with van der Waals surface area (Å²) in [6.45, 7) is 10.8. The van der Waals surface area contributed by atoms with Crippen LogP contribution in [0.2, 0.25) is 0 Å². The normalized spacial score (nSPS) is 13.5. The highest BCUT2D eigenvalue weighted by Crippen LogP contribution is 2.22. The van der Waals surface area contributed by atoms with E-state index in [0.29, 0.717) is 12.1 Å². The lowest BCUT2D eigenvalue weighted by molar-refractivity contribution is -0.527. The van der Waals surface area contributed by atoms with Gasteiger partial charge in [-0.3, -0.25) is 4.99 Å². The van der Waals surface area contributed by atoms with Crippen molar-refractivity contribution in [1.29, 1.82) is 0 Å². The van der Waals surface area contributed by atoms with Gasteiger partial charge >= 0.3 is 0 Å². The van der Waals surface area contributed by atoms with Crippen molar-refractivity contribution < 1.29 is 4.58 Å². The lowest BCUT2D eigenvalue weighted by Gasteiger charge is -2.11. The van der Waals surface area contributed by atoms with Crippen LogP contribution in [0.5, 0.6) is 0 Å². The minimum atomic E-state index is 0.302. The topological polar surface area (TPSA) is 15.4 Å². The highest BCUT2D eigenvalue weighted by molar-refractivity contribution is 6.36. The van der Waals surface area contributed by atoms with Crippen LogP contribution in [0.25, 0.3) is 10.8 Å². The van der Waals surface area contributed by atoms with E-state index >= 15 is 0 Å². The Morgan fingerprint density at radius 2 is 1.73 bits per heavy atom. The Morgan fingerprint density at radius 3 is 2.36 bits per heavy atom. The average Bonchev–Trinajstić information content (AvgIpc) is 2.49. The summed E-state index contributed by atoms with van der Waals surface area (Å²) < 4.78 is 2.29. The Hall–Kier alpha value is -1.96. The third-order valence-corrected chi connectivity index (χ3v) is 4.12. The summed E-state index contributed by atoms with van der Waals surface area (Å²) in [4.78, 5) is 4.62. The SMILES string of the molecule is Cc1c(C(/C=N\C(C)C)=[N+](\C)C(C)C)ccc2ccccc12. The lowest BCUT2D eigenvalue weighted by atomic mass is 9.97. The molecule has 0 heterocycles. The third kappa shape index (κ3) is 3.44. The molecule has 2 nitrogen and oxygen atoms in total. The van der Waals surface area contributed by atoms with E-state index in [2.05, 4.69) is 87.6 Å². The fourth-order valence-corrected chi connectivity index (χ4v) is 2.55. The average molecular weight is 295 g/mol. The Bertz CT molecular complexity index is 722. The van der Waals surface area contributed by atoms with Gasteiger partial charge in [-0.1, -0.05) is 30.3 Å². The highest BCUT2D eigenvalue weighted by atomic mass is 15.0. The molecular formula is C20H27N2+. The first kappa shape index (κ1) is 16.4. The van der Waals surface area contributed by atoms with Crippen LogP contribution in [0.15, 0.2) is 41.4 Å². The smallest absolute Gasteiger partial charge is 0.225 e. The summed E-state index contributed by atoms with van der Waals surface area (Å²) in [7, 11) is 2.14. The second-order valence-corrected chi connectivity index (χ2v) is 6.42. The first-order valence-corrected chi connectivity index (χ1v) is 8.03. The van der Waals surface area contributed by atoms with Crippen molar-refractivity contribution in [3.8, 4) is 0 Å². The van der Waals surface area contributed by atoms with E-state index in [1.807, 2.05) is 6.21 Å². The maximum Gasteiger partial charge on any atom is 0.225 e. The maximum absolute atomic E-state index is 4.62. The Morgan fingerprint density at radius 1 is 1.05 bits per heavy atom. The molecule has 0 N–H and O–H groups in total. The van der Waals surface area contributed by atoms with E-state index in [4.69, 9.17) is 0 Å². The first-order valence-electron chi connectivity index (χ1n) is 8.03. The molecule has 0 amide bonds. The zero-order valence-corrected chi connectivity index (χ0v) is 14.6. The zero-order valence-electron chi connectivity index (χ0n) is 14.6. The molecule has 0 atom stereocenters. The van der Waals surface area contributed by atoms with Crippen molar-refractivity contribution >= 4 is 22.7 Å². The predicted octanol–water partition coefficient (Wildman–Crippen LogP) is 4.47. The van der Waals surface area contributed by atoms with Crippen molar-refractivity contribution in [3.05, 3.63) is 47.5 Å². The lowest BCUT2D eigenvalue weighted by Crippen LogP contribution is -2.27. The first-order chi connectivity index (χ1) is 10.4. The van der Waals surface area contributed by atoms with Gasteiger partial charge in [-0.25, -0.2) is 4.58 Å². The molecule has 0 aliphatic heterocycles. The second kappa shape index (κ2) is 6.87. The van der Waals surface area contributed by atoms with Crippen LogP contribution in [0.4, 0.5) is 0 Å². The molecule has 2 rings (SSSR count). The van der Waals surface area contributed by atoms with Crippen molar-refractivity contribution in [2.75, 3.05) is 7.05 Å². The van der Waals surface area contributed by atoms with Gasteiger partial charge in [0.15, 0.2) is 0 Å². The Labute approximate surface area is 134 Å². The summed E-state index contributed by atoms with van der Waals surface area (Å²) in [5, 5.41) is 2.60. The molecule has 0 spiro atoms. The summed E-state index contributed by atoms with van der Waals surface area (Å²) >= 11 is 0. The Kier molecular flexibility index (Phi) is 5.12. The number of hydrogen-bond acceptors (Lipinski definition) is 1. The number of rotatable bonds is 4. The van der Waals surface area contributed by atoms with Crippen LogP contribution >= 0.6 is 0 Å². The van der Waals surface area contributed by atoms with Gasteiger partial charge in [0.1, 0.15) is 13.1 Å². The monoisotopic (exact) mass is 295 g/mol. The van der Waals surface area contributed by atoms with E-state index in [-0.39, 0.29) is 0 Å². The van der Waals surface area contributed by atoms with E-state index in [1.165, 1.54) is 27.6 Å². The molecule has 0 saturated heterocycles. The van der Waals surface area contributed by atoms with Crippen molar-refractivity contribution in [2.45, 2.75) is 46.7 Å². The van der Waals surface area contributed by atoms with Crippen LogP contribution in [0.1, 0.15) is 38.8 Å². The summed E-state index contributed by atoms with van der Waals surface area (Å²) in [5.74, 6) is 0. The van der Waals surface area contributed by atoms with Gasteiger partial charge in [-0.15, -0.1) is 0 Å². The number of nitrogens with zero attached hydrogens (tertiary/aromatic N) is 2. The quantitative estimate of drug-likeness (QED) is 0.584. The molecule has 116 valence electrons. The van der Waals surface area contributed by atoms with Crippen LogP contribution in [0, 0.1) is 6.92 Å². The molecule has 0 bridgehead atoms. The Balaban J connectivity index is 2.67. The number of benzene rings is 2.